The zero-order chi connectivity index (χ0) is 13.0. The molecule has 0 aromatic heterocycles. The summed E-state index contributed by atoms with van der Waals surface area (Å²) < 4.78 is 12.9. The maximum atomic E-state index is 12.9. The molecule has 1 amide bonds. The molecule has 2 N–H and O–H groups in total. The fraction of sp³-hybridized carbons (Fsp3) is 0.357. The summed E-state index contributed by atoms with van der Waals surface area (Å²) in [6, 6.07) is 4.21. The molecule has 1 aliphatic heterocycles. The predicted octanol–water partition coefficient (Wildman–Crippen LogP) is 1.78. The molecule has 1 aromatic carbocycles. The molecule has 0 spiro atoms. The Kier molecular flexibility index (Phi) is 4.10. The first-order valence-electron chi connectivity index (χ1n) is 6.10. The van der Waals surface area contributed by atoms with Gasteiger partial charge < -0.3 is 10.6 Å². The van der Waals surface area contributed by atoms with E-state index in [1.54, 1.807) is 6.92 Å². The molecule has 0 saturated carbocycles. The summed E-state index contributed by atoms with van der Waals surface area (Å²) in [5.74, 6) is -0.461. The molecule has 0 aliphatic carbocycles. The minimum atomic E-state index is -0.315. The number of nitrogens with one attached hydrogen (secondary N) is 2. The number of carbonyl (C=O) groups excluding carboxylic acids is 1. The topological polar surface area (TPSA) is 41.1 Å². The maximum absolute atomic E-state index is 12.9. The monoisotopic (exact) mass is 248 g/mol. The van der Waals surface area contributed by atoms with Gasteiger partial charge in [0.2, 0.25) is 0 Å². The fourth-order valence-corrected chi connectivity index (χ4v) is 2.00. The lowest BCUT2D eigenvalue weighted by molar-refractivity contribution is 0.0956. The van der Waals surface area contributed by atoms with Gasteiger partial charge in [0.1, 0.15) is 5.82 Å². The van der Waals surface area contributed by atoms with E-state index in [-0.39, 0.29) is 11.7 Å². The number of amides is 1. The lowest BCUT2D eigenvalue weighted by atomic mass is 10.1. The lowest BCUT2D eigenvalue weighted by Crippen LogP contribution is -2.30. The van der Waals surface area contributed by atoms with E-state index in [9.17, 15) is 9.18 Å². The molecular formula is C14H17FN2O. The second-order valence-corrected chi connectivity index (χ2v) is 4.46. The van der Waals surface area contributed by atoms with Crippen LogP contribution < -0.4 is 10.6 Å². The van der Waals surface area contributed by atoms with E-state index >= 15 is 0 Å². The highest BCUT2D eigenvalue weighted by Gasteiger charge is 2.10. The van der Waals surface area contributed by atoms with E-state index in [1.807, 2.05) is 0 Å². The van der Waals surface area contributed by atoms with Gasteiger partial charge in [-0.05, 0) is 43.7 Å². The van der Waals surface area contributed by atoms with E-state index in [0.717, 1.165) is 19.5 Å². The first kappa shape index (κ1) is 12.8. The third-order valence-corrected chi connectivity index (χ3v) is 3.07. The highest BCUT2D eigenvalue weighted by Crippen LogP contribution is 2.10. The average Bonchev–Trinajstić information content (AvgIpc) is 2.37. The van der Waals surface area contributed by atoms with Gasteiger partial charge in [0.15, 0.2) is 0 Å². The van der Waals surface area contributed by atoms with Gasteiger partial charge in [-0.2, -0.15) is 0 Å². The minimum absolute atomic E-state index is 0.146. The molecular weight excluding hydrogens is 231 g/mol. The standard InChI is InChI=1S/C14H17FN2O/c1-10-8-12(15)2-3-13(10)14(18)17-9-11-4-6-16-7-5-11/h2-4,8,16H,5-7,9H2,1H3,(H,17,18). The van der Waals surface area contributed by atoms with Crippen LogP contribution in [-0.2, 0) is 0 Å². The number of carbonyl (C=O) groups is 1. The molecule has 0 radical (unpaired) electrons. The fourth-order valence-electron chi connectivity index (χ4n) is 2.00. The smallest absolute Gasteiger partial charge is 0.251 e. The number of halogens is 1. The zero-order valence-electron chi connectivity index (χ0n) is 10.4. The Balaban J connectivity index is 1.97. The number of hydrogen-bond acceptors (Lipinski definition) is 2. The van der Waals surface area contributed by atoms with Gasteiger partial charge in [-0.25, -0.2) is 4.39 Å². The van der Waals surface area contributed by atoms with Crippen molar-refractivity contribution in [2.24, 2.45) is 0 Å². The maximum Gasteiger partial charge on any atom is 0.251 e. The van der Waals surface area contributed by atoms with Crippen molar-refractivity contribution in [2.75, 3.05) is 19.6 Å². The first-order valence-corrected chi connectivity index (χ1v) is 6.10. The van der Waals surface area contributed by atoms with Crippen LogP contribution in [0.25, 0.3) is 0 Å². The second-order valence-electron chi connectivity index (χ2n) is 4.46. The zero-order valence-corrected chi connectivity index (χ0v) is 10.4. The normalized spacial score (nSPS) is 15.1. The average molecular weight is 248 g/mol. The summed E-state index contributed by atoms with van der Waals surface area (Å²) in [5.41, 5.74) is 2.43. The Morgan fingerprint density at radius 2 is 2.33 bits per heavy atom. The van der Waals surface area contributed by atoms with Gasteiger partial charge in [0.25, 0.3) is 5.91 Å². The molecule has 0 bridgehead atoms. The third kappa shape index (κ3) is 3.17. The van der Waals surface area contributed by atoms with Crippen molar-refractivity contribution in [1.29, 1.82) is 0 Å². The van der Waals surface area contributed by atoms with Gasteiger partial charge >= 0.3 is 0 Å². The second kappa shape index (κ2) is 5.78. The highest BCUT2D eigenvalue weighted by molar-refractivity contribution is 5.95. The van der Waals surface area contributed by atoms with Crippen LogP contribution in [0.5, 0.6) is 0 Å². The minimum Gasteiger partial charge on any atom is -0.348 e. The Labute approximate surface area is 106 Å². The number of aryl methyl sites for hydroxylation is 1. The van der Waals surface area contributed by atoms with Crippen molar-refractivity contribution >= 4 is 5.91 Å². The van der Waals surface area contributed by atoms with Gasteiger partial charge in [0.05, 0.1) is 0 Å². The largest absolute Gasteiger partial charge is 0.348 e. The van der Waals surface area contributed by atoms with Crippen molar-refractivity contribution < 1.29 is 9.18 Å². The quantitative estimate of drug-likeness (QED) is 0.801. The molecule has 1 aromatic rings. The number of hydrogen-bond donors (Lipinski definition) is 2. The van der Waals surface area contributed by atoms with E-state index in [4.69, 9.17) is 0 Å². The highest BCUT2D eigenvalue weighted by atomic mass is 19.1. The van der Waals surface area contributed by atoms with Crippen LogP contribution in [0.2, 0.25) is 0 Å². The molecule has 18 heavy (non-hydrogen) atoms. The van der Waals surface area contributed by atoms with Crippen molar-refractivity contribution in [1.82, 2.24) is 10.6 Å². The number of rotatable bonds is 3. The molecule has 3 nitrogen and oxygen atoms in total. The molecule has 96 valence electrons. The summed E-state index contributed by atoms with van der Waals surface area (Å²) in [6.07, 6.45) is 3.06. The molecule has 2 rings (SSSR count). The lowest BCUT2D eigenvalue weighted by Gasteiger charge is -2.15. The summed E-state index contributed by atoms with van der Waals surface area (Å²) in [7, 11) is 0. The Morgan fingerprint density at radius 1 is 1.50 bits per heavy atom. The van der Waals surface area contributed by atoms with E-state index in [2.05, 4.69) is 16.7 Å². The van der Waals surface area contributed by atoms with Crippen molar-refractivity contribution in [3.05, 3.63) is 46.8 Å². The molecule has 4 heteroatoms. The molecule has 1 heterocycles. The van der Waals surface area contributed by atoms with Crippen LogP contribution in [0.3, 0.4) is 0 Å². The van der Waals surface area contributed by atoms with Crippen molar-refractivity contribution in [2.45, 2.75) is 13.3 Å². The van der Waals surface area contributed by atoms with E-state index in [1.165, 1.54) is 23.8 Å². The van der Waals surface area contributed by atoms with Crippen LogP contribution in [-0.4, -0.2) is 25.5 Å². The summed E-state index contributed by atoms with van der Waals surface area (Å²) in [4.78, 5) is 11.9. The molecule has 0 atom stereocenters. The van der Waals surface area contributed by atoms with Gasteiger partial charge in [-0.15, -0.1) is 0 Å². The van der Waals surface area contributed by atoms with Gasteiger partial charge in [-0.3, -0.25) is 4.79 Å². The number of benzene rings is 1. The molecule has 0 saturated heterocycles. The Hall–Kier alpha value is -1.68. The molecule has 0 unspecified atom stereocenters. The van der Waals surface area contributed by atoms with E-state index < -0.39 is 0 Å². The third-order valence-electron chi connectivity index (χ3n) is 3.07. The van der Waals surface area contributed by atoms with Crippen LogP contribution >= 0.6 is 0 Å². The Morgan fingerprint density at radius 3 is 3.00 bits per heavy atom. The van der Waals surface area contributed by atoms with Gasteiger partial charge in [-0.1, -0.05) is 11.6 Å². The van der Waals surface area contributed by atoms with E-state index in [0.29, 0.717) is 17.7 Å². The summed E-state index contributed by atoms with van der Waals surface area (Å²) >= 11 is 0. The van der Waals surface area contributed by atoms with Crippen molar-refractivity contribution in [3.8, 4) is 0 Å². The van der Waals surface area contributed by atoms with Crippen LogP contribution in [0.15, 0.2) is 29.8 Å². The van der Waals surface area contributed by atoms with Crippen LogP contribution in [0, 0.1) is 12.7 Å². The first-order chi connectivity index (χ1) is 8.66. The summed E-state index contributed by atoms with van der Waals surface area (Å²) in [6.45, 7) is 4.12. The Bertz CT molecular complexity index is 483. The van der Waals surface area contributed by atoms with Crippen LogP contribution in [0.1, 0.15) is 22.3 Å². The predicted molar refractivity (Wildman–Crippen MR) is 69.0 cm³/mol. The molecule has 1 aliphatic rings. The summed E-state index contributed by atoms with van der Waals surface area (Å²) in [5, 5.41) is 6.09. The van der Waals surface area contributed by atoms with Gasteiger partial charge in [0, 0.05) is 18.7 Å². The van der Waals surface area contributed by atoms with Crippen LogP contribution in [0.4, 0.5) is 4.39 Å². The van der Waals surface area contributed by atoms with Crippen molar-refractivity contribution in [3.63, 3.8) is 0 Å². The SMILES string of the molecule is Cc1cc(F)ccc1C(=O)NCC1=CCNCC1. The molecule has 0 fully saturated rings.